The van der Waals surface area contributed by atoms with Crippen molar-refractivity contribution < 1.29 is 17.6 Å². The van der Waals surface area contributed by atoms with E-state index < -0.39 is 15.8 Å². The van der Waals surface area contributed by atoms with Crippen molar-refractivity contribution in [2.45, 2.75) is 37.5 Å². The summed E-state index contributed by atoms with van der Waals surface area (Å²) in [6.07, 6.45) is 0.850. The lowest BCUT2D eigenvalue weighted by molar-refractivity contribution is -0.120. The zero-order valence-corrected chi connectivity index (χ0v) is 19.0. The Morgan fingerprint density at radius 2 is 1.84 bits per heavy atom. The Morgan fingerprint density at radius 3 is 2.48 bits per heavy atom. The lowest BCUT2D eigenvalue weighted by Crippen LogP contribution is -2.41. The summed E-state index contributed by atoms with van der Waals surface area (Å²) in [4.78, 5) is 17.5. The summed E-state index contributed by atoms with van der Waals surface area (Å²) in [6, 6.07) is 10.8. The van der Waals surface area contributed by atoms with Gasteiger partial charge in [0.05, 0.1) is 15.1 Å². The number of hydrogen-bond acceptors (Lipinski definition) is 5. The number of hydrogen-bond donors (Lipinski definition) is 1. The normalized spacial score (nSPS) is 16.1. The lowest BCUT2D eigenvalue weighted by atomic mass is 9.97. The van der Waals surface area contributed by atoms with Crippen molar-refractivity contribution >= 4 is 42.6 Å². The van der Waals surface area contributed by atoms with Gasteiger partial charge in [-0.1, -0.05) is 37.3 Å². The van der Waals surface area contributed by atoms with E-state index in [1.54, 1.807) is 0 Å². The smallest absolute Gasteiger partial charge is 0.243 e. The number of carbonyl (C=O) groups excluding carboxylic acids is 1. The predicted molar refractivity (Wildman–Crippen MR) is 120 cm³/mol. The van der Waals surface area contributed by atoms with Crippen LogP contribution in [0, 0.1) is 11.7 Å². The van der Waals surface area contributed by atoms with Crippen LogP contribution >= 0.6 is 11.3 Å². The summed E-state index contributed by atoms with van der Waals surface area (Å²) in [5, 5.41) is 3.48. The van der Waals surface area contributed by atoms with Gasteiger partial charge >= 0.3 is 0 Å². The number of sulfonamides is 1. The first-order valence-electron chi connectivity index (χ1n) is 10.2. The van der Waals surface area contributed by atoms with Crippen LogP contribution < -0.4 is 5.32 Å². The van der Waals surface area contributed by atoms with E-state index >= 15 is 0 Å². The molecule has 3 aromatic rings. The fourth-order valence-electron chi connectivity index (χ4n) is 3.81. The van der Waals surface area contributed by atoms with Crippen LogP contribution in [0.5, 0.6) is 0 Å². The largest absolute Gasteiger partial charge is 0.302 e. The molecule has 1 N–H and O–H groups in total. The maximum Gasteiger partial charge on any atom is 0.243 e. The van der Waals surface area contributed by atoms with Crippen molar-refractivity contribution in [1.29, 1.82) is 0 Å². The number of nitrogens with zero attached hydrogens (tertiary/aromatic N) is 2. The number of fused-ring (bicyclic) bond motifs is 1. The van der Waals surface area contributed by atoms with Gasteiger partial charge in [-0.2, -0.15) is 4.31 Å². The van der Waals surface area contributed by atoms with E-state index in [0.717, 1.165) is 27.9 Å². The highest BCUT2D eigenvalue weighted by molar-refractivity contribution is 7.89. The Balaban J connectivity index is 1.41. The first kappa shape index (κ1) is 21.9. The quantitative estimate of drug-likeness (QED) is 0.602. The van der Waals surface area contributed by atoms with E-state index in [1.165, 1.54) is 27.8 Å². The third-order valence-corrected chi connectivity index (χ3v) is 8.43. The van der Waals surface area contributed by atoms with Crippen molar-refractivity contribution in [1.82, 2.24) is 9.29 Å². The van der Waals surface area contributed by atoms with Gasteiger partial charge < -0.3 is 5.32 Å². The molecule has 2 aromatic carbocycles. The van der Waals surface area contributed by atoms with Crippen LogP contribution in [0.15, 0.2) is 47.4 Å². The van der Waals surface area contributed by atoms with E-state index in [0.29, 0.717) is 23.9 Å². The number of thiazole rings is 1. The van der Waals surface area contributed by atoms with E-state index in [4.69, 9.17) is 0 Å². The molecule has 4 rings (SSSR count). The second kappa shape index (κ2) is 8.64. The number of rotatable bonds is 5. The van der Waals surface area contributed by atoms with Crippen LogP contribution in [0.3, 0.4) is 0 Å². The number of nitrogens with one attached hydrogen (secondary N) is 1. The zero-order chi connectivity index (χ0) is 22.2. The molecule has 1 aromatic heterocycles. The molecular formula is C22H24FN3O3S2. The van der Waals surface area contributed by atoms with Gasteiger partial charge in [0.1, 0.15) is 5.82 Å². The molecule has 31 heavy (non-hydrogen) atoms. The Hall–Kier alpha value is -2.36. The molecule has 164 valence electrons. The van der Waals surface area contributed by atoms with Gasteiger partial charge in [0.25, 0.3) is 0 Å². The Labute approximate surface area is 185 Å². The van der Waals surface area contributed by atoms with Crippen LogP contribution in [0.1, 0.15) is 38.2 Å². The first-order valence-corrected chi connectivity index (χ1v) is 12.5. The molecule has 1 amide bonds. The molecule has 0 atom stereocenters. The third kappa shape index (κ3) is 4.49. The first-order chi connectivity index (χ1) is 14.8. The standard InChI is InChI=1S/C22H24FN3O3S2/c1-14(2)18-4-3-5-19-20(18)24-22(30-19)25-21(27)15-10-12-26(13-11-15)31(28,29)17-8-6-16(23)7-9-17/h3-9,14-15H,10-13H2,1-2H3,(H,24,25,27). The second-order valence-corrected chi connectivity index (χ2v) is 11.0. The Morgan fingerprint density at radius 1 is 1.16 bits per heavy atom. The summed E-state index contributed by atoms with van der Waals surface area (Å²) in [5.41, 5.74) is 2.06. The number of piperidine rings is 1. The van der Waals surface area contributed by atoms with Crippen molar-refractivity contribution in [3.63, 3.8) is 0 Å². The molecule has 9 heteroatoms. The highest BCUT2D eigenvalue weighted by Gasteiger charge is 2.32. The van der Waals surface area contributed by atoms with Gasteiger partial charge in [0, 0.05) is 19.0 Å². The van der Waals surface area contributed by atoms with Gasteiger partial charge in [0.2, 0.25) is 15.9 Å². The minimum absolute atomic E-state index is 0.0623. The SMILES string of the molecule is CC(C)c1cccc2sc(NC(=O)C3CCN(S(=O)(=O)c4ccc(F)cc4)CC3)nc12. The fourth-order valence-corrected chi connectivity index (χ4v) is 6.18. The summed E-state index contributed by atoms with van der Waals surface area (Å²) < 4.78 is 41.0. The predicted octanol–water partition coefficient (Wildman–Crippen LogP) is 4.60. The van der Waals surface area contributed by atoms with Crippen molar-refractivity contribution in [2.75, 3.05) is 18.4 Å². The van der Waals surface area contributed by atoms with E-state index in [1.807, 2.05) is 12.1 Å². The maximum absolute atomic E-state index is 13.1. The monoisotopic (exact) mass is 461 g/mol. The summed E-state index contributed by atoms with van der Waals surface area (Å²) in [7, 11) is -3.69. The molecule has 0 radical (unpaired) electrons. The number of anilines is 1. The van der Waals surface area contributed by atoms with Crippen molar-refractivity contribution in [3.05, 3.63) is 53.8 Å². The summed E-state index contributed by atoms with van der Waals surface area (Å²) in [6.45, 7) is 4.71. The second-order valence-electron chi connectivity index (χ2n) is 7.99. The van der Waals surface area contributed by atoms with Gasteiger partial charge in [-0.05, 0) is 54.7 Å². The van der Waals surface area contributed by atoms with Gasteiger partial charge in [-0.25, -0.2) is 17.8 Å². The molecule has 0 bridgehead atoms. The van der Waals surface area contributed by atoms with Crippen LogP contribution in [-0.2, 0) is 14.8 Å². The fraction of sp³-hybridized carbons (Fsp3) is 0.364. The van der Waals surface area contributed by atoms with Gasteiger partial charge in [-0.15, -0.1) is 0 Å². The minimum atomic E-state index is -3.69. The molecule has 1 aliphatic rings. The summed E-state index contributed by atoms with van der Waals surface area (Å²) in [5.74, 6) is -0.563. The van der Waals surface area contributed by atoms with Gasteiger partial charge in [0.15, 0.2) is 5.13 Å². The van der Waals surface area contributed by atoms with Crippen molar-refractivity contribution in [2.24, 2.45) is 5.92 Å². The summed E-state index contributed by atoms with van der Waals surface area (Å²) >= 11 is 1.44. The topological polar surface area (TPSA) is 79.4 Å². The molecule has 6 nitrogen and oxygen atoms in total. The molecule has 1 saturated heterocycles. The molecule has 0 aliphatic carbocycles. The van der Waals surface area contributed by atoms with Crippen LogP contribution in [-0.4, -0.2) is 36.7 Å². The minimum Gasteiger partial charge on any atom is -0.302 e. The van der Waals surface area contributed by atoms with E-state index in [-0.39, 0.29) is 29.8 Å². The molecule has 0 spiro atoms. The number of halogens is 1. The van der Waals surface area contributed by atoms with Crippen LogP contribution in [0.2, 0.25) is 0 Å². The molecule has 0 saturated carbocycles. The molecule has 2 heterocycles. The third-order valence-electron chi connectivity index (χ3n) is 5.58. The zero-order valence-electron chi connectivity index (χ0n) is 17.3. The highest BCUT2D eigenvalue weighted by atomic mass is 32.2. The van der Waals surface area contributed by atoms with E-state index in [2.05, 4.69) is 30.2 Å². The van der Waals surface area contributed by atoms with Crippen molar-refractivity contribution in [3.8, 4) is 0 Å². The molecule has 1 fully saturated rings. The average Bonchev–Trinajstić information content (AvgIpc) is 3.16. The van der Waals surface area contributed by atoms with Crippen LogP contribution in [0.4, 0.5) is 9.52 Å². The van der Waals surface area contributed by atoms with E-state index in [9.17, 15) is 17.6 Å². The van der Waals surface area contributed by atoms with Crippen LogP contribution in [0.25, 0.3) is 10.2 Å². The highest BCUT2D eigenvalue weighted by Crippen LogP contribution is 2.32. The average molecular weight is 462 g/mol. The molecular weight excluding hydrogens is 437 g/mol. The number of carbonyl (C=O) groups is 1. The molecule has 0 unspecified atom stereocenters. The Bertz CT molecular complexity index is 1200. The molecule has 1 aliphatic heterocycles. The maximum atomic E-state index is 13.1. The van der Waals surface area contributed by atoms with Gasteiger partial charge in [-0.3, -0.25) is 4.79 Å². The number of para-hydroxylation sites is 1. The number of amides is 1. The Kier molecular flexibility index (Phi) is 6.09. The lowest BCUT2D eigenvalue weighted by Gasteiger charge is -2.30. The number of benzene rings is 2. The number of aromatic nitrogens is 1.